The summed E-state index contributed by atoms with van der Waals surface area (Å²) in [5.74, 6) is -2.54. The van der Waals surface area contributed by atoms with E-state index >= 15 is 0 Å². The number of aliphatic hydroxyl groups is 1. The average Bonchev–Trinajstić information content (AvgIpc) is 3.05. The Morgan fingerprint density at radius 3 is 2.04 bits per heavy atom. The Bertz CT molecular complexity index is 1020. The lowest BCUT2D eigenvalue weighted by molar-refractivity contribution is -0.145. The molecule has 0 spiro atoms. The molecule has 0 aromatic rings. The van der Waals surface area contributed by atoms with E-state index in [9.17, 15) is 29.1 Å². The van der Waals surface area contributed by atoms with E-state index in [1.54, 1.807) is 11.9 Å². The van der Waals surface area contributed by atoms with Crippen molar-refractivity contribution in [2.75, 3.05) is 26.7 Å². The first-order valence-corrected chi connectivity index (χ1v) is 18.0. The van der Waals surface area contributed by atoms with Crippen LogP contribution in [0.25, 0.3) is 0 Å². The number of hydrogen-bond acceptors (Lipinski definition) is 8. The number of carbonyl (C=O) groups is 5. The van der Waals surface area contributed by atoms with Crippen molar-refractivity contribution in [2.24, 2.45) is 11.7 Å². The molecular weight excluding hydrogens is 602 g/mol. The summed E-state index contributed by atoms with van der Waals surface area (Å²) < 4.78 is 0. The second kappa shape index (κ2) is 20.6. The number of likely N-dealkylation sites (N-methyl/N-ethyl adjacent to an activating group) is 1. The van der Waals surface area contributed by atoms with E-state index < -0.39 is 66.0 Å². The molecule has 5 amide bonds. The van der Waals surface area contributed by atoms with Gasteiger partial charge in [0.1, 0.15) is 24.2 Å². The highest BCUT2D eigenvalue weighted by atomic mass is 16.3. The van der Waals surface area contributed by atoms with E-state index in [1.807, 2.05) is 13.8 Å². The standard InChI is InChI=1S/C34H63N7O6/c1-7-10-18-27-34(47)40(6)26(15-9-3)31(44)39-29(24-16-13-12-14-17-24)33(46)37-25(20-35)30(43)38-28(23(5)42)32(45)36-22(4)21-41(27)19-11-8-2/h22-29,42H,7-21,35H2,1-6H3,(H,36,45)(H,37,46)(H,38,43)(H,39,44)/t22-,23+,25+,26+,27+,28+,29+/m1/s1. The lowest BCUT2D eigenvalue weighted by Crippen LogP contribution is -2.63. The van der Waals surface area contributed by atoms with Gasteiger partial charge in [0, 0.05) is 26.2 Å². The lowest BCUT2D eigenvalue weighted by atomic mass is 9.83. The maximum absolute atomic E-state index is 14.4. The summed E-state index contributed by atoms with van der Waals surface area (Å²) in [6, 6.07) is -5.18. The maximum atomic E-state index is 14.4. The van der Waals surface area contributed by atoms with Crippen molar-refractivity contribution in [3.05, 3.63) is 0 Å². The molecule has 7 N–H and O–H groups in total. The van der Waals surface area contributed by atoms with Gasteiger partial charge in [-0.2, -0.15) is 0 Å². The summed E-state index contributed by atoms with van der Waals surface area (Å²) in [5, 5.41) is 21.7. The quantitative estimate of drug-likeness (QED) is 0.190. The topological polar surface area (TPSA) is 186 Å². The van der Waals surface area contributed by atoms with Gasteiger partial charge in [0.2, 0.25) is 29.5 Å². The van der Waals surface area contributed by atoms with Crippen LogP contribution >= 0.6 is 0 Å². The van der Waals surface area contributed by atoms with Crippen molar-refractivity contribution < 1.29 is 29.1 Å². The summed E-state index contributed by atoms with van der Waals surface area (Å²) in [7, 11) is 1.67. The van der Waals surface area contributed by atoms with Crippen LogP contribution in [0.2, 0.25) is 0 Å². The van der Waals surface area contributed by atoms with E-state index in [-0.39, 0.29) is 18.4 Å². The van der Waals surface area contributed by atoms with Gasteiger partial charge in [0.15, 0.2) is 0 Å². The van der Waals surface area contributed by atoms with Gasteiger partial charge < -0.3 is 37.0 Å². The van der Waals surface area contributed by atoms with Crippen molar-refractivity contribution in [3.63, 3.8) is 0 Å². The number of aliphatic hydroxyl groups excluding tert-OH is 1. The smallest absolute Gasteiger partial charge is 0.245 e. The molecule has 1 saturated carbocycles. The van der Waals surface area contributed by atoms with E-state index in [1.165, 1.54) is 6.92 Å². The number of rotatable bonds is 11. The molecule has 0 radical (unpaired) electrons. The molecule has 47 heavy (non-hydrogen) atoms. The zero-order chi connectivity index (χ0) is 35.1. The number of carbonyl (C=O) groups excluding carboxylic acids is 5. The molecule has 13 nitrogen and oxygen atoms in total. The molecule has 13 heteroatoms. The Kier molecular flexibility index (Phi) is 17.7. The van der Waals surface area contributed by atoms with Gasteiger partial charge in [0.25, 0.3) is 0 Å². The van der Waals surface area contributed by atoms with Gasteiger partial charge in [-0.05, 0) is 58.4 Å². The molecule has 270 valence electrons. The fraction of sp³-hybridized carbons (Fsp3) is 0.853. The van der Waals surface area contributed by atoms with E-state index in [0.717, 1.165) is 57.8 Å². The Labute approximate surface area is 281 Å². The van der Waals surface area contributed by atoms with E-state index in [2.05, 4.69) is 40.0 Å². The molecule has 1 heterocycles. The molecule has 1 aliphatic carbocycles. The normalized spacial score (nSPS) is 29.3. The minimum Gasteiger partial charge on any atom is -0.391 e. The van der Waals surface area contributed by atoms with Crippen LogP contribution in [0.15, 0.2) is 0 Å². The predicted octanol–water partition coefficient (Wildman–Crippen LogP) is 1.17. The lowest BCUT2D eigenvalue weighted by Gasteiger charge is -2.38. The number of nitrogens with one attached hydrogen (secondary N) is 4. The second-order valence-corrected chi connectivity index (χ2v) is 13.6. The van der Waals surface area contributed by atoms with Gasteiger partial charge in [-0.15, -0.1) is 0 Å². The van der Waals surface area contributed by atoms with Crippen molar-refractivity contribution in [3.8, 4) is 0 Å². The molecule has 0 aromatic heterocycles. The van der Waals surface area contributed by atoms with Crippen LogP contribution in [0.1, 0.15) is 112 Å². The van der Waals surface area contributed by atoms with Gasteiger partial charge in [-0.3, -0.25) is 28.9 Å². The Hall–Kier alpha value is -2.77. The van der Waals surface area contributed by atoms with Gasteiger partial charge in [0.05, 0.1) is 12.1 Å². The van der Waals surface area contributed by atoms with Gasteiger partial charge in [-0.25, -0.2) is 0 Å². The fourth-order valence-electron chi connectivity index (χ4n) is 6.75. The minimum atomic E-state index is -1.30. The van der Waals surface area contributed by atoms with Crippen molar-refractivity contribution in [1.29, 1.82) is 0 Å². The van der Waals surface area contributed by atoms with Crippen molar-refractivity contribution >= 4 is 29.5 Å². The first-order valence-electron chi connectivity index (χ1n) is 18.0. The third kappa shape index (κ3) is 12.0. The molecule has 1 saturated heterocycles. The van der Waals surface area contributed by atoms with Crippen LogP contribution in [0.4, 0.5) is 0 Å². The average molecular weight is 666 g/mol. The molecule has 7 atom stereocenters. The molecule has 0 bridgehead atoms. The van der Waals surface area contributed by atoms with Crippen LogP contribution in [0.3, 0.4) is 0 Å². The zero-order valence-corrected chi connectivity index (χ0v) is 29.7. The van der Waals surface area contributed by atoms with Crippen LogP contribution < -0.4 is 27.0 Å². The largest absolute Gasteiger partial charge is 0.391 e. The SMILES string of the molecule is CCCC[C@H]1C(=O)N(C)[C@@H](CCC)C(=O)N[C@@H](C2CCCCC2)C(=O)N[C@@H](CN)C(=O)N[C@@H]([C@H](C)O)C(=O)N[C@H](C)CN1CCCC. The highest BCUT2D eigenvalue weighted by Crippen LogP contribution is 2.27. The Morgan fingerprint density at radius 2 is 1.47 bits per heavy atom. The highest BCUT2D eigenvalue weighted by molar-refractivity contribution is 5.96. The molecule has 2 fully saturated rings. The summed E-state index contributed by atoms with van der Waals surface area (Å²) >= 11 is 0. The number of unbranched alkanes of at least 4 members (excludes halogenated alkanes) is 2. The molecular formula is C34H63N7O6. The van der Waals surface area contributed by atoms with E-state index in [0.29, 0.717) is 32.4 Å². The second-order valence-electron chi connectivity index (χ2n) is 13.6. The zero-order valence-electron chi connectivity index (χ0n) is 29.7. The first kappa shape index (κ1) is 40.4. The van der Waals surface area contributed by atoms with Crippen molar-refractivity contribution in [1.82, 2.24) is 31.1 Å². The number of hydrogen-bond donors (Lipinski definition) is 6. The molecule has 2 aliphatic rings. The molecule has 2 rings (SSSR count). The number of nitrogens with two attached hydrogens (primary N) is 1. The van der Waals surface area contributed by atoms with Crippen LogP contribution in [0, 0.1) is 5.92 Å². The number of amides is 5. The Morgan fingerprint density at radius 1 is 0.809 bits per heavy atom. The summed E-state index contributed by atoms with van der Waals surface area (Å²) in [6.07, 6.45) is 8.20. The van der Waals surface area contributed by atoms with Crippen LogP contribution in [-0.2, 0) is 24.0 Å². The molecule has 1 aliphatic heterocycles. The Balaban J connectivity index is 2.63. The first-order chi connectivity index (χ1) is 22.4. The summed E-state index contributed by atoms with van der Waals surface area (Å²) in [6.45, 7) is 10.0. The molecule has 0 unspecified atom stereocenters. The van der Waals surface area contributed by atoms with Crippen molar-refractivity contribution in [2.45, 2.75) is 154 Å². The number of nitrogens with zero attached hydrogens (tertiary/aromatic N) is 2. The minimum absolute atomic E-state index is 0.151. The third-order valence-electron chi connectivity index (χ3n) is 9.57. The maximum Gasteiger partial charge on any atom is 0.245 e. The van der Waals surface area contributed by atoms with E-state index in [4.69, 9.17) is 5.73 Å². The van der Waals surface area contributed by atoms with Gasteiger partial charge in [-0.1, -0.05) is 65.7 Å². The highest BCUT2D eigenvalue weighted by Gasteiger charge is 2.39. The summed E-state index contributed by atoms with van der Waals surface area (Å²) in [5.41, 5.74) is 5.93. The van der Waals surface area contributed by atoms with Gasteiger partial charge >= 0.3 is 0 Å². The predicted molar refractivity (Wildman–Crippen MR) is 182 cm³/mol. The fourth-order valence-corrected chi connectivity index (χ4v) is 6.75. The van der Waals surface area contributed by atoms with Crippen LogP contribution in [0.5, 0.6) is 0 Å². The third-order valence-corrected chi connectivity index (χ3v) is 9.57. The van der Waals surface area contributed by atoms with Crippen LogP contribution in [-0.4, -0.2) is 113 Å². The summed E-state index contributed by atoms with van der Waals surface area (Å²) in [4.78, 5) is 72.7. The monoisotopic (exact) mass is 665 g/mol. The molecule has 0 aromatic carbocycles.